The van der Waals surface area contributed by atoms with E-state index in [-0.39, 0.29) is 35.9 Å². The van der Waals surface area contributed by atoms with Crippen molar-refractivity contribution in [1.82, 2.24) is 20.1 Å². The molecule has 1 atom stereocenters. The van der Waals surface area contributed by atoms with Gasteiger partial charge in [-0.3, -0.25) is 19.5 Å². The molecule has 2 amide bonds. The molecule has 1 aliphatic heterocycles. The van der Waals surface area contributed by atoms with Gasteiger partial charge in [-0.2, -0.15) is 16.4 Å². The number of amides is 2. The van der Waals surface area contributed by atoms with Gasteiger partial charge in [-0.25, -0.2) is 4.68 Å². The third-order valence-electron chi connectivity index (χ3n) is 6.83. The van der Waals surface area contributed by atoms with E-state index in [0.29, 0.717) is 10.8 Å². The highest BCUT2D eigenvalue weighted by Crippen LogP contribution is 2.49. The minimum atomic E-state index is -0.279. The Labute approximate surface area is 251 Å². The first-order valence-corrected chi connectivity index (χ1v) is 15.4. The number of aromatic nitrogens is 3. The van der Waals surface area contributed by atoms with Crippen molar-refractivity contribution in [2.24, 2.45) is 0 Å². The summed E-state index contributed by atoms with van der Waals surface area (Å²) in [5, 5.41) is 12.6. The molecule has 0 spiro atoms. The van der Waals surface area contributed by atoms with E-state index in [2.05, 4.69) is 21.7 Å². The minimum Gasteiger partial charge on any atom is -0.349 e. The van der Waals surface area contributed by atoms with Crippen LogP contribution in [0.25, 0.3) is 16.9 Å². The van der Waals surface area contributed by atoms with Gasteiger partial charge in [0.1, 0.15) is 12.4 Å². The van der Waals surface area contributed by atoms with Crippen LogP contribution in [0.2, 0.25) is 5.02 Å². The van der Waals surface area contributed by atoms with Crippen LogP contribution in [0.3, 0.4) is 0 Å². The Bertz CT molecular complexity index is 1670. The lowest BCUT2D eigenvalue weighted by molar-refractivity contribution is -0.123. The number of halogens is 1. The van der Waals surface area contributed by atoms with E-state index in [4.69, 9.17) is 16.7 Å². The zero-order valence-electron chi connectivity index (χ0n) is 22.2. The third kappa shape index (κ3) is 5.79. The van der Waals surface area contributed by atoms with E-state index < -0.39 is 0 Å². The second-order valence-corrected chi connectivity index (χ2v) is 12.0. The van der Waals surface area contributed by atoms with Crippen molar-refractivity contribution in [1.29, 1.82) is 0 Å². The molecule has 2 aromatic carbocycles. The molecule has 4 heterocycles. The molecule has 206 valence electrons. The van der Waals surface area contributed by atoms with Gasteiger partial charge < -0.3 is 5.32 Å². The summed E-state index contributed by atoms with van der Waals surface area (Å²) in [5.41, 5.74) is 6.26. The summed E-state index contributed by atoms with van der Waals surface area (Å²) in [5.74, 6) is 0.381. The van der Waals surface area contributed by atoms with Crippen LogP contribution in [-0.4, -0.2) is 38.9 Å². The van der Waals surface area contributed by atoms with Crippen molar-refractivity contribution in [3.63, 3.8) is 0 Å². The lowest BCUT2D eigenvalue weighted by Crippen LogP contribution is -2.42. The van der Waals surface area contributed by atoms with Gasteiger partial charge in [0.05, 0.1) is 34.6 Å². The number of nitrogens with one attached hydrogen (secondary N) is 1. The van der Waals surface area contributed by atoms with E-state index in [1.165, 1.54) is 0 Å². The molecule has 41 heavy (non-hydrogen) atoms. The molecule has 0 unspecified atom stereocenters. The number of fused-ring (bicyclic) bond motifs is 1. The Balaban J connectivity index is 1.50. The smallest absolute Gasteiger partial charge is 0.240 e. The van der Waals surface area contributed by atoms with Crippen LogP contribution in [0.15, 0.2) is 89.8 Å². The molecule has 0 saturated carbocycles. The number of hydrogen-bond donors (Lipinski definition) is 1. The lowest BCUT2D eigenvalue weighted by Gasteiger charge is -2.23. The minimum absolute atomic E-state index is 0.146. The number of anilines is 1. The number of carbonyl (C=O) groups is 2. The Morgan fingerprint density at radius 1 is 1.07 bits per heavy atom. The molecular formula is C31H26ClN5O2S2. The second kappa shape index (κ2) is 11.9. The summed E-state index contributed by atoms with van der Waals surface area (Å²) in [6, 6.07) is 23.2. The summed E-state index contributed by atoms with van der Waals surface area (Å²) in [7, 11) is 0. The molecule has 0 saturated heterocycles. The predicted molar refractivity (Wildman–Crippen MR) is 166 cm³/mol. The fourth-order valence-corrected chi connectivity index (χ4v) is 6.87. The summed E-state index contributed by atoms with van der Waals surface area (Å²) in [4.78, 5) is 32.9. The molecule has 3 aromatic heterocycles. The predicted octanol–water partition coefficient (Wildman–Crippen LogP) is 6.44. The lowest BCUT2D eigenvalue weighted by atomic mass is 10.0. The summed E-state index contributed by atoms with van der Waals surface area (Å²) < 4.78 is 1.80. The number of carbonyl (C=O) groups excluding carboxylic acids is 2. The number of thioether (sulfide) groups is 1. The molecule has 0 radical (unpaired) electrons. The van der Waals surface area contributed by atoms with Gasteiger partial charge in [0, 0.05) is 22.3 Å². The molecule has 1 aliphatic rings. The van der Waals surface area contributed by atoms with Crippen LogP contribution in [0.4, 0.5) is 5.82 Å². The number of thiophene rings is 1. The summed E-state index contributed by atoms with van der Waals surface area (Å²) in [6.45, 7) is 2.15. The molecule has 5 aromatic rings. The zero-order valence-corrected chi connectivity index (χ0v) is 24.5. The van der Waals surface area contributed by atoms with E-state index in [9.17, 15) is 9.59 Å². The number of hydrogen-bond acceptors (Lipinski definition) is 6. The van der Waals surface area contributed by atoms with Gasteiger partial charge in [0.25, 0.3) is 0 Å². The number of aryl methyl sites for hydroxylation is 1. The normalized spacial score (nSPS) is 14.9. The molecule has 0 fully saturated rings. The highest BCUT2D eigenvalue weighted by atomic mass is 35.5. The number of benzene rings is 2. The van der Waals surface area contributed by atoms with Crippen molar-refractivity contribution in [2.45, 2.75) is 18.7 Å². The number of rotatable bonds is 7. The van der Waals surface area contributed by atoms with Gasteiger partial charge in [-0.15, -0.1) is 11.8 Å². The van der Waals surface area contributed by atoms with Crippen LogP contribution in [-0.2, 0) is 16.1 Å². The third-order valence-corrected chi connectivity index (χ3v) is 9.03. The van der Waals surface area contributed by atoms with Crippen molar-refractivity contribution in [3.05, 3.63) is 117 Å². The van der Waals surface area contributed by atoms with Gasteiger partial charge in [-0.05, 0) is 65.7 Å². The van der Waals surface area contributed by atoms with Crippen molar-refractivity contribution >= 4 is 52.3 Å². The zero-order chi connectivity index (χ0) is 28.3. The highest BCUT2D eigenvalue weighted by Gasteiger charge is 2.37. The quantitative estimate of drug-likeness (QED) is 0.233. The van der Waals surface area contributed by atoms with Crippen molar-refractivity contribution in [3.8, 4) is 16.9 Å². The molecule has 7 nitrogen and oxygen atoms in total. The standard InChI is InChI=1S/C31H26ClN5O2S2/c1-20-5-11-25(12-6-20)37-31-28(29(35-37)21-7-9-23(32)10-8-21)30(22-13-15-40-18-22)41-19-27(39)36(31)17-26(38)34-16-24-4-2-3-14-33-24/h2-15,18,30H,16-17,19H2,1H3,(H,34,38)/t30-/m0/s1. The van der Waals surface area contributed by atoms with E-state index in [1.54, 1.807) is 38.9 Å². The first-order valence-electron chi connectivity index (χ1n) is 13.0. The van der Waals surface area contributed by atoms with E-state index in [0.717, 1.165) is 39.3 Å². The van der Waals surface area contributed by atoms with E-state index >= 15 is 0 Å². The Morgan fingerprint density at radius 2 is 1.88 bits per heavy atom. The maximum atomic E-state index is 13.8. The van der Waals surface area contributed by atoms with Crippen LogP contribution in [0.1, 0.15) is 27.6 Å². The Hall–Kier alpha value is -3.92. The topological polar surface area (TPSA) is 80.1 Å². The molecule has 0 aliphatic carbocycles. The van der Waals surface area contributed by atoms with Crippen LogP contribution >= 0.6 is 34.7 Å². The second-order valence-electron chi connectivity index (χ2n) is 9.67. The molecule has 0 bridgehead atoms. The molecule has 1 N–H and O–H groups in total. The molecule has 6 rings (SSSR count). The largest absolute Gasteiger partial charge is 0.349 e. The van der Waals surface area contributed by atoms with Crippen LogP contribution in [0, 0.1) is 6.92 Å². The summed E-state index contributed by atoms with van der Waals surface area (Å²) in [6.07, 6.45) is 1.69. The van der Waals surface area contributed by atoms with Crippen molar-refractivity contribution < 1.29 is 9.59 Å². The maximum absolute atomic E-state index is 13.8. The average molecular weight is 600 g/mol. The average Bonchev–Trinajstić information content (AvgIpc) is 3.63. The first kappa shape index (κ1) is 27.3. The Kier molecular flexibility index (Phi) is 7.91. The number of pyridine rings is 1. The van der Waals surface area contributed by atoms with Gasteiger partial charge in [0.15, 0.2) is 0 Å². The Morgan fingerprint density at radius 3 is 2.59 bits per heavy atom. The SMILES string of the molecule is Cc1ccc(-n2nc(-c3ccc(Cl)cc3)c3c2N(CC(=O)NCc2ccccn2)C(=O)CS[C@H]3c2ccsc2)cc1. The van der Waals surface area contributed by atoms with Crippen LogP contribution < -0.4 is 10.2 Å². The monoisotopic (exact) mass is 599 g/mol. The highest BCUT2D eigenvalue weighted by molar-refractivity contribution is 8.00. The first-order chi connectivity index (χ1) is 20.0. The fourth-order valence-electron chi connectivity index (χ4n) is 4.78. The molecule has 10 heteroatoms. The van der Waals surface area contributed by atoms with Gasteiger partial charge in [0.2, 0.25) is 11.8 Å². The van der Waals surface area contributed by atoms with Crippen LogP contribution in [0.5, 0.6) is 0 Å². The summed E-state index contributed by atoms with van der Waals surface area (Å²) >= 11 is 9.40. The maximum Gasteiger partial charge on any atom is 0.240 e. The molecular weight excluding hydrogens is 574 g/mol. The number of nitrogens with zero attached hydrogens (tertiary/aromatic N) is 4. The van der Waals surface area contributed by atoms with Crippen molar-refractivity contribution in [2.75, 3.05) is 17.2 Å². The van der Waals surface area contributed by atoms with Gasteiger partial charge in [-0.1, -0.05) is 47.5 Å². The van der Waals surface area contributed by atoms with E-state index in [1.807, 2.05) is 79.0 Å². The fraction of sp³-hybridized carbons (Fsp3) is 0.161. The van der Waals surface area contributed by atoms with Gasteiger partial charge >= 0.3 is 0 Å².